The molecule has 1 aliphatic heterocycles. The van der Waals surface area contributed by atoms with Gasteiger partial charge in [-0.2, -0.15) is 26.3 Å². The van der Waals surface area contributed by atoms with E-state index in [2.05, 4.69) is 10.6 Å². The van der Waals surface area contributed by atoms with Crippen LogP contribution in [0.15, 0.2) is 48.5 Å². The lowest BCUT2D eigenvalue weighted by molar-refractivity contribution is -0.143. The smallest absolute Gasteiger partial charge is 0.372 e. The zero-order chi connectivity index (χ0) is 25.1. The molecule has 1 heterocycles. The zero-order valence-corrected chi connectivity index (χ0v) is 18.7. The topological polar surface area (TPSA) is 50.4 Å². The van der Waals surface area contributed by atoms with Gasteiger partial charge < -0.3 is 15.4 Å². The van der Waals surface area contributed by atoms with Gasteiger partial charge in [0.2, 0.25) is 5.91 Å². The molecule has 3 atom stereocenters. The average Bonchev–Trinajstić information content (AvgIpc) is 2.77. The van der Waals surface area contributed by atoms with E-state index in [4.69, 9.17) is 4.74 Å². The lowest BCUT2D eigenvalue weighted by atomic mass is 9.81. The Morgan fingerprint density at radius 3 is 2.15 bits per heavy atom. The van der Waals surface area contributed by atoms with Gasteiger partial charge in [0.15, 0.2) is 0 Å². The van der Waals surface area contributed by atoms with Gasteiger partial charge in [0.05, 0.1) is 29.4 Å². The second-order valence-corrected chi connectivity index (χ2v) is 8.56. The fourth-order valence-electron chi connectivity index (χ4n) is 4.13. The van der Waals surface area contributed by atoms with E-state index in [9.17, 15) is 31.1 Å². The fourth-order valence-corrected chi connectivity index (χ4v) is 4.13. The van der Waals surface area contributed by atoms with Gasteiger partial charge in [0, 0.05) is 19.5 Å². The first-order valence-corrected chi connectivity index (χ1v) is 10.8. The molecule has 2 aromatic carbocycles. The summed E-state index contributed by atoms with van der Waals surface area (Å²) >= 11 is 0. The number of piperidine rings is 1. The highest BCUT2D eigenvalue weighted by Crippen LogP contribution is 2.39. The van der Waals surface area contributed by atoms with E-state index >= 15 is 0 Å². The summed E-state index contributed by atoms with van der Waals surface area (Å²) in [6.45, 7) is 3.31. The van der Waals surface area contributed by atoms with Gasteiger partial charge >= 0.3 is 12.4 Å². The molecular formula is C24H26F6N2O2. The molecular weight excluding hydrogens is 462 g/mol. The minimum atomic E-state index is -4.93. The van der Waals surface area contributed by atoms with Crippen molar-refractivity contribution in [2.24, 2.45) is 0 Å². The molecule has 0 saturated carbocycles. The standard InChI is InChI=1S/C24H26F6N2O2/c1-15(17-10-19(23(25,26)27)12-20(11-17)24(28,29)30)34-14-22(18-6-4-3-5-7-18)9-8-21(13-31-22)32-16(2)33/h3-7,10-12,15,21,31H,8-9,13-14H2,1-2H3,(H,32,33)/t15-,21-,22-/m1/s1. The van der Waals surface area contributed by atoms with E-state index in [-0.39, 0.29) is 30.2 Å². The number of ether oxygens (including phenoxy) is 1. The van der Waals surface area contributed by atoms with Crippen LogP contribution in [0.3, 0.4) is 0 Å². The Labute approximate surface area is 193 Å². The molecule has 1 fully saturated rings. The van der Waals surface area contributed by atoms with Gasteiger partial charge in [-0.15, -0.1) is 0 Å². The van der Waals surface area contributed by atoms with Crippen molar-refractivity contribution >= 4 is 5.91 Å². The highest BCUT2D eigenvalue weighted by molar-refractivity contribution is 5.73. The van der Waals surface area contributed by atoms with E-state index in [0.717, 1.165) is 5.56 Å². The second kappa shape index (κ2) is 9.95. The van der Waals surface area contributed by atoms with Gasteiger partial charge in [-0.1, -0.05) is 30.3 Å². The summed E-state index contributed by atoms with van der Waals surface area (Å²) in [6.07, 6.45) is -9.71. The van der Waals surface area contributed by atoms with Crippen molar-refractivity contribution in [3.63, 3.8) is 0 Å². The first kappa shape index (κ1) is 26.0. The molecule has 0 aliphatic carbocycles. The first-order valence-electron chi connectivity index (χ1n) is 10.8. The van der Waals surface area contributed by atoms with E-state index in [1.54, 1.807) is 0 Å². The third kappa shape index (κ3) is 6.29. The monoisotopic (exact) mass is 488 g/mol. The molecule has 10 heteroatoms. The van der Waals surface area contributed by atoms with E-state index in [0.29, 0.717) is 31.5 Å². The zero-order valence-electron chi connectivity index (χ0n) is 18.7. The Morgan fingerprint density at radius 2 is 1.68 bits per heavy atom. The molecule has 186 valence electrons. The van der Waals surface area contributed by atoms with Crippen LogP contribution in [0.1, 0.15) is 55.0 Å². The maximum Gasteiger partial charge on any atom is 0.416 e. The van der Waals surface area contributed by atoms with Gasteiger partial charge in [0.25, 0.3) is 0 Å². The predicted octanol–water partition coefficient (Wildman–Crippen LogP) is 5.59. The summed E-state index contributed by atoms with van der Waals surface area (Å²) in [5, 5.41) is 6.23. The first-order chi connectivity index (χ1) is 15.8. The number of carbonyl (C=O) groups is 1. The quantitative estimate of drug-likeness (QED) is 0.522. The van der Waals surface area contributed by atoms with Crippen molar-refractivity contribution in [1.82, 2.24) is 10.6 Å². The van der Waals surface area contributed by atoms with Crippen LogP contribution in [0.2, 0.25) is 0 Å². The summed E-state index contributed by atoms with van der Waals surface area (Å²) in [5.41, 5.74) is -2.79. The van der Waals surface area contributed by atoms with Crippen LogP contribution in [0.5, 0.6) is 0 Å². The largest absolute Gasteiger partial charge is 0.416 e. The summed E-state index contributed by atoms with van der Waals surface area (Å²) < 4.78 is 85.3. The summed E-state index contributed by atoms with van der Waals surface area (Å²) in [5.74, 6) is -0.158. The molecule has 0 bridgehead atoms. The van der Waals surface area contributed by atoms with Gasteiger partial charge in [-0.05, 0) is 49.1 Å². The number of nitrogens with one attached hydrogen (secondary N) is 2. The van der Waals surface area contributed by atoms with Gasteiger partial charge in [-0.3, -0.25) is 4.79 Å². The normalized spacial score (nSPS) is 22.3. The predicted molar refractivity (Wildman–Crippen MR) is 114 cm³/mol. The molecule has 0 aromatic heterocycles. The molecule has 34 heavy (non-hydrogen) atoms. The Hall–Kier alpha value is -2.59. The molecule has 1 aliphatic rings. The van der Waals surface area contributed by atoms with Crippen LogP contribution in [0, 0.1) is 0 Å². The van der Waals surface area contributed by atoms with Gasteiger partial charge in [-0.25, -0.2) is 0 Å². The molecule has 1 saturated heterocycles. The molecule has 2 aromatic rings. The van der Waals surface area contributed by atoms with Crippen LogP contribution >= 0.6 is 0 Å². The highest BCUT2D eigenvalue weighted by Gasteiger charge is 2.39. The summed E-state index contributed by atoms with van der Waals surface area (Å²) in [6, 6.07) is 10.7. The minimum Gasteiger partial charge on any atom is -0.372 e. The number of amides is 1. The SMILES string of the molecule is CC(=O)N[C@@H]1CC[C@@](CO[C@H](C)c2cc(C(F)(F)F)cc(C(F)(F)F)c2)(c2ccccc2)NC1. The van der Waals surface area contributed by atoms with Crippen LogP contribution in [0.4, 0.5) is 26.3 Å². The van der Waals surface area contributed by atoms with E-state index < -0.39 is 35.1 Å². The van der Waals surface area contributed by atoms with Gasteiger partial charge in [0.1, 0.15) is 0 Å². The summed E-state index contributed by atoms with van der Waals surface area (Å²) in [4.78, 5) is 11.4. The molecule has 1 amide bonds. The number of carbonyl (C=O) groups excluding carboxylic acids is 1. The van der Waals surface area contributed by atoms with Crippen molar-refractivity contribution in [2.75, 3.05) is 13.2 Å². The average molecular weight is 488 g/mol. The Kier molecular flexibility index (Phi) is 7.62. The Bertz CT molecular complexity index is 951. The number of hydrogen-bond donors (Lipinski definition) is 2. The van der Waals surface area contributed by atoms with Crippen molar-refractivity contribution in [1.29, 1.82) is 0 Å². The van der Waals surface area contributed by atoms with Crippen molar-refractivity contribution in [3.8, 4) is 0 Å². The van der Waals surface area contributed by atoms with Crippen molar-refractivity contribution in [2.45, 2.75) is 56.7 Å². The van der Waals surface area contributed by atoms with Crippen LogP contribution in [-0.2, 0) is 27.4 Å². The molecule has 2 N–H and O–H groups in total. The third-order valence-electron chi connectivity index (χ3n) is 6.00. The fraction of sp³-hybridized carbons (Fsp3) is 0.458. The number of rotatable bonds is 6. The van der Waals surface area contributed by atoms with Crippen molar-refractivity contribution < 1.29 is 35.9 Å². The second-order valence-electron chi connectivity index (χ2n) is 8.56. The minimum absolute atomic E-state index is 0.0164. The molecule has 4 nitrogen and oxygen atoms in total. The van der Waals surface area contributed by atoms with Crippen LogP contribution in [-0.4, -0.2) is 25.1 Å². The Balaban J connectivity index is 1.84. The molecule has 0 unspecified atom stereocenters. The van der Waals surface area contributed by atoms with Crippen molar-refractivity contribution in [3.05, 3.63) is 70.8 Å². The highest BCUT2D eigenvalue weighted by atomic mass is 19.4. The number of benzene rings is 2. The summed E-state index contributed by atoms with van der Waals surface area (Å²) in [7, 11) is 0. The number of alkyl halides is 6. The van der Waals surface area contributed by atoms with Crippen LogP contribution in [0.25, 0.3) is 0 Å². The number of halogens is 6. The van der Waals surface area contributed by atoms with E-state index in [1.807, 2.05) is 30.3 Å². The maximum absolute atomic E-state index is 13.2. The van der Waals surface area contributed by atoms with E-state index in [1.165, 1.54) is 13.8 Å². The Morgan fingerprint density at radius 1 is 1.09 bits per heavy atom. The lowest BCUT2D eigenvalue weighted by Gasteiger charge is -2.42. The third-order valence-corrected chi connectivity index (χ3v) is 6.00. The lowest BCUT2D eigenvalue weighted by Crippen LogP contribution is -2.57. The van der Waals surface area contributed by atoms with Crippen LogP contribution < -0.4 is 10.6 Å². The molecule has 0 spiro atoms. The molecule has 3 rings (SSSR count). The molecule has 0 radical (unpaired) electrons. The maximum atomic E-state index is 13.2. The number of hydrogen-bond acceptors (Lipinski definition) is 3.